The molecule has 2 rings (SSSR count). The summed E-state index contributed by atoms with van der Waals surface area (Å²) in [5.41, 5.74) is 0. The van der Waals surface area contributed by atoms with Crippen LogP contribution in [0.1, 0.15) is 38.5 Å². The van der Waals surface area contributed by atoms with E-state index in [4.69, 9.17) is 0 Å². The maximum absolute atomic E-state index is 12.5. The largest absolute Gasteiger partial charge is 0.342 e. The number of carbonyl (C=O) groups excluding carboxylic acids is 2. The number of piperazine rings is 1. The van der Waals surface area contributed by atoms with Gasteiger partial charge in [-0.1, -0.05) is 25.7 Å². The molecule has 2 fully saturated rings. The molecule has 132 valence electrons. The SMILES string of the molecule is CS(=O)(=O)N(CC(=O)N1CCN(C=O)CC1)C1CCCCCC1. The molecule has 1 aliphatic carbocycles. The summed E-state index contributed by atoms with van der Waals surface area (Å²) in [5, 5.41) is 0. The Hall–Kier alpha value is -1.15. The van der Waals surface area contributed by atoms with E-state index in [1.807, 2.05) is 0 Å². The van der Waals surface area contributed by atoms with Crippen LogP contribution in [0.3, 0.4) is 0 Å². The molecule has 0 unspecified atom stereocenters. The Balaban J connectivity index is 2.00. The molecule has 7 nitrogen and oxygen atoms in total. The third-order valence-electron chi connectivity index (χ3n) is 4.77. The van der Waals surface area contributed by atoms with Crippen molar-refractivity contribution < 1.29 is 18.0 Å². The highest BCUT2D eigenvalue weighted by Crippen LogP contribution is 2.23. The first kappa shape index (κ1) is 18.2. The Morgan fingerprint density at radius 3 is 2.13 bits per heavy atom. The molecular weight excluding hydrogens is 318 g/mol. The molecule has 0 atom stereocenters. The topological polar surface area (TPSA) is 78.0 Å². The van der Waals surface area contributed by atoms with E-state index in [1.165, 1.54) is 10.6 Å². The average Bonchev–Trinajstić information content (AvgIpc) is 2.80. The highest BCUT2D eigenvalue weighted by molar-refractivity contribution is 7.88. The zero-order valence-electron chi connectivity index (χ0n) is 13.8. The summed E-state index contributed by atoms with van der Waals surface area (Å²) in [6, 6.07) is -0.0623. The van der Waals surface area contributed by atoms with Crippen LogP contribution >= 0.6 is 0 Å². The van der Waals surface area contributed by atoms with E-state index >= 15 is 0 Å². The van der Waals surface area contributed by atoms with Gasteiger partial charge in [0.25, 0.3) is 0 Å². The summed E-state index contributed by atoms with van der Waals surface area (Å²) in [4.78, 5) is 26.5. The molecule has 0 bridgehead atoms. The number of amides is 2. The van der Waals surface area contributed by atoms with Crippen LogP contribution in [0, 0.1) is 0 Å². The molecule has 1 aliphatic heterocycles. The Bertz CT molecular complexity index is 507. The van der Waals surface area contributed by atoms with Crippen LogP contribution in [-0.4, -0.2) is 79.9 Å². The van der Waals surface area contributed by atoms with Crippen LogP contribution in [0.15, 0.2) is 0 Å². The van der Waals surface area contributed by atoms with Gasteiger partial charge in [-0.25, -0.2) is 8.42 Å². The zero-order valence-corrected chi connectivity index (χ0v) is 14.6. The first-order valence-corrected chi connectivity index (χ1v) is 10.2. The molecule has 8 heteroatoms. The molecule has 0 radical (unpaired) electrons. The van der Waals surface area contributed by atoms with Crippen molar-refractivity contribution in [3.8, 4) is 0 Å². The number of hydrogen-bond donors (Lipinski definition) is 0. The number of rotatable bonds is 5. The third-order valence-corrected chi connectivity index (χ3v) is 6.04. The van der Waals surface area contributed by atoms with E-state index in [-0.39, 0.29) is 18.5 Å². The Labute approximate surface area is 138 Å². The van der Waals surface area contributed by atoms with Crippen LogP contribution in [0.2, 0.25) is 0 Å². The molecule has 1 heterocycles. The van der Waals surface area contributed by atoms with E-state index in [0.717, 1.165) is 44.9 Å². The van der Waals surface area contributed by atoms with E-state index in [9.17, 15) is 18.0 Å². The molecular formula is C15H27N3O4S. The number of sulfonamides is 1. The van der Waals surface area contributed by atoms with Gasteiger partial charge in [-0.3, -0.25) is 9.59 Å². The van der Waals surface area contributed by atoms with Gasteiger partial charge in [-0.2, -0.15) is 4.31 Å². The lowest BCUT2D eigenvalue weighted by molar-refractivity contribution is -0.135. The lowest BCUT2D eigenvalue weighted by atomic mass is 10.1. The molecule has 0 aromatic heterocycles. The first-order chi connectivity index (χ1) is 10.9. The van der Waals surface area contributed by atoms with Gasteiger partial charge in [0.2, 0.25) is 22.3 Å². The molecule has 0 N–H and O–H groups in total. The number of carbonyl (C=O) groups is 2. The van der Waals surface area contributed by atoms with Gasteiger partial charge in [0.15, 0.2) is 0 Å². The maximum Gasteiger partial charge on any atom is 0.238 e. The van der Waals surface area contributed by atoms with Gasteiger partial charge in [0.05, 0.1) is 12.8 Å². The number of hydrogen-bond acceptors (Lipinski definition) is 4. The number of nitrogens with zero attached hydrogens (tertiary/aromatic N) is 3. The summed E-state index contributed by atoms with van der Waals surface area (Å²) in [6.07, 6.45) is 7.95. The van der Waals surface area contributed by atoms with Crippen LogP contribution in [-0.2, 0) is 19.6 Å². The van der Waals surface area contributed by atoms with Crippen LogP contribution in [0.5, 0.6) is 0 Å². The molecule has 0 aromatic carbocycles. The predicted octanol–water partition coefficient (Wildman–Crippen LogP) is 0.271. The molecule has 2 aliphatic rings. The van der Waals surface area contributed by atoms with Gasteiger partial charge in [-0.15, -0.1) is 0 Å². The summed E-state index contributed by atoms with van der Waals surface area (Å²) in [6.45, 7) is 1.89. The van der Waals surface area contributed by atoms with E-state index in [0.29, 0.717) is 26.2 Å². The standard InChI is InChI=1S/C15H27N3O4S/c1-23(21,22)18(14-6-4-2-3-5-7-14)12-15(20)17-10-8-16(13-19)9-11-17/h13-14H,2-12H2,1H3. The predicted molar refractivity (Wildman–Crippen MR) is 87.3 cm³/mol. The van der Waals surface area contributed by atoms with E-state index in [1.54, 1.807) is 9.80 Å². The summed E-state index contributed by atoms with van der Waals surface area (Å²) in [7, 11) is -3.41. The fourth-order valence-electron chi connectivity index (χ4n) is 3.37. The van der Waals surface area contributed by atoms with Crippen molar-refractivity contribution in [2.24, 2.45) is 0 Å². The summed E-state index contributed by atoms with van der Waals surface area (Å²) < 4.78 is 25.7. The fourth-order valence-corrected chi connectivity index (χ4v) is 4.47. The van der Waals surface area contributed by atoms with Crippen molar-refractivity contribution in [1.29, 1.82) is 0 Å². The summed E-state index contributed by atoms with van der Waals surface area (Å²) >= 11 is 0. The smallest absolute Gasteiger partial charge is 0.238 e. The van der Waals surface area contributed by atoms with Gasteiger partial charge in [-0.05, 0) is 12.8 Å². The van der Waals surface area contributed by atoms with Crippen molar-refractivity contribution >= 4 is 22.3 Å². The van der Waals surface area contributed by atoms with Crippen molar-refractivity contribution in [2.45, 2.75) is 44.6 Å². The maximum atomic E-state index is 12.5. The molecule has 0 aromatic rings. The molecule has 1 saturated heterocycles. The first-order valence-electron chi connectivity index (χ1n) is 8.36. The second-order valence-electron chi connectivity index (χ2n) is 6.48. The fraction of sp³-hybridized carbons (Fsp3) is 0.867. The normalized spacial score (nSPS) is 21.3. The monoisotopic (exact) mass is 345 g/mol. The lowest BCUT2D eigenvalue weighted by Gasteiger charge is -2.35. The zero-order chi connectivity index (χ0) is 16.9. The minimum atomic E-state index is -3.41. The average molecular weight is 345 g/mol. The third kappa shape index (κ3) is 5.17. The Morgan fingerprint density at radius 2 is 1.65 bits per heavy atom. The minimum Gasteiger partial charge on any atom is -0.342 e. The van der Waals surface area contributed by atoms with E-state index in [2.05, 4.69) is 0 Å². The summed E-state index contributed by atoms with van der Waals surface area (Å²) in [5.74, 6) is -0.162. The van der Waals surface area contributed by atoms with Crippen molar-refractivity contribution in [3.63, 3.8) is 0 Å². The lowest BCUT2D eigenvalue weighted by Crippen LogP contribution is -2.52. The van der Waals surface area contributed by atoms with Crippen LogP contribution in [0.4, 0.5) is 0 Å². The van der Waals surface area contributed by atoms with E-state index < -0.39 is 10.0 Å². The van der Waals surface area contributed by atoms with Gasteiger partial charge in [0.1, 0.15) is 0 Å². The Kier molecular flexibility index (Phi) is 6.41. The highest BCUT2D eigenvalue weighted by Gasteiger charge is 2.31. The van der Waals surface area contributed by atoms with Crippen molar-refractivity contribution in [1.82, 2.24) is 14.1 Å². The molecule has 2 amide bonds. The van der Waals surface area contributed by atoms with Gasteiger partial charge in [0, 0.05) is 32.2 Å². The van der Waals surface area contributed by atoms with Crippen LogP contribution < -0.4 is 0 Å². The van der Waals surface area contributed by atoms with Crippen molar-refractivity contribution in [3.05, 3.63) is 0 Å². The minimum absolute atomic E-state index is 0.0623. The molecule has 0 spiro atoms. The van der Waals surface area contributed by atoms with Gasteiger partial charge < -0.3 is 9.80 Å². The highest BCUT2D eigenvalue weighted by atomic mass is 32.2. The second-order valence-corrected chi connectivity index (χ2v) is 8.41. The molecule has 1 saturated carbocycles. The molecule has 23 heavy (non-hydrogen) atoms. The van der Waals surface area contributed by atoms with Crippen LogP contribution in [0.25, 0.3) is 0 Å². The quantitative estimate of drug-likeness (QED) is 0.529. The second kappa shape index (κ2) is 8.10. The Morgan fingerprint density at radius 1 is 1.09 bits per heavy atom. The van der Waals surface area contributed by atoms with Crippen molar-refractivity contribution in [2.75, 3.05) is 39.0 Å². The van der Waals surface area contributed by atoms with Gasteiger partial charge >= 0.3 is 0 Å².